The fourth-order valence-electron chi connectivity index (χ4n) is 2.71. The van der Waals surface area contributed by atoms with E-state index in [9.17, 15) is 9.59 Å². The van der Waals surface area contributed by atoms with E-state index in [2.05, 4.69) is 16.0 Å². The van der Waals surface area contributed by atoms with Crippen molar-refractivity contribution in [3.63, 3.8) is 0 Å². The molecule has 3 rings (SSSR count). The van der Waals surface area contributed by atoms with Crippen molar-refractivity contribution in [3.8, 4) is 0 Å². The first-order chi connectivity index (χ1) is 12.1. The Morgan fingerprint density at radius 2 is 1.76 bits per heavy atom. The molecular weight excluding hydrogens is 318 g/mol. The fourth-order valence-corrected chi connectivity index (χ4v) is 2.71. The number of amides is 2. The Morgan fingerprint density at radius 3 is 2.48 bits per heavy atom. The van der Waals surface area contributed by atoms with Gasteiger partial charge in [-0.15, -0.1) is 0 Å². The minimum absolute atomic E-state index is 0.154. The summed E-state index contributed by atoms with van der Waals surface area (Å²) in [6.07, 6.45) is -0.185. The van der Waals surface area contributed by atoms with Crippen LogP contribution in [0, 0.1) is 0 Å². The number of hydrogen-bond donors (Lipinski definition) is 3. The molecule has 0 bridgehead atoms. The van der Waals surface area contributed by atoms with E-state index in [1.807, 2.05) is 25.1 Å². The summed E-state index contributed by atoms with van der Waals surface area (Å²) in [5.74, 6) is -0.348. The summed E-state index contributed by atoms with van der Waals surface area (Å²) in [7, 11) is 0. The third kappa shape index (κ3) is 4.43. The van der Waals surface area contributed by atoms with E-state index in [4.69, 9.17) is 4.74 Å². The maximum Gasteiger partial charge on any atom is 0.255 e. The van der Waals surface area contributed by atoms with Gasteiger partial charge in [-0.3, -0.25) is 9.59 Å². The Morgan fingerprint density at radius 1 is 1.04 bits per heavy atom. The normalized spacial score (nSPS) is 19.9. The number of rotatable bonds is 4. The highest BCUT2D eigenvalue weighted by Crippen LogP contribution is 2.17. The Hall–Kier alpha value is -2.70. The number of benzene rings is 2. The molecule has 2 aromatic rings. The van der Waals surface area contributed by atoms with Gasteiger partial charge in [-0.1, -0.05) is 24.3 Å². The molecule has 1 fully saturated rings. The Balaban J connectivity index is 1.65. The zero-order chi connectivity index (χ0) is 17.6. The molecule has 1 saturated heterocycles. The van der Waals surface area contributed by atoms with Gasteiger partial charge in [0, 0.05) is 23.5 Å². The van der Waals surface area contributed by atoms with E-state index in [1.54, 1.807) is 36.4 Å². The van der Waals surface area contributed by atoms with Crippen LogP contribution in [0.5, 0.6) is 0 Å². The molecule has 1 aliphatic rings. The summed E-state index contributed by atoms with van der Waals surface area (Å²) in [4.78, 5) is 24.6. The number of carbonyl (C=O) groups excluding carboxylic acids is 2. The molecule has 0 aliphatic carbocycles. The van der Waals surface area contributed by atoms with E-state index >= 15 is 0 Å². The van der Waals surface area contributed by atoms with Crippen LogP contribution in [0.2, 0.25) is 0 Å². The van der Waals surface area contributed by atoms with E-state index in [1.165, 1.54) is 0 Å². The second-order valence-corrected chi connectivity index (χ2v) is 5.90. The van der Waals surface area contributed by atoms with Crippen LogP contribution in [0.3, 0.4) is 0 Å². The summed E-state index contributed by atoms with van der Waals surface area (Å²) in [6, 6.07) is 15.7. The maximum absolute atomic E-state index is 12.4. The minimum Gasteiger partial charge on any atom is -0.375 e. The lowest BCUT2D eigenvalue weighted by Gasteiger charge is -2.29. The summed E-state index contributed by atoms with van der Waals surface area (Å²) in [6.45, 7) is 3.12. The maximum atomic E-state index is 12.4. The molecule has 2 amide bonds. The van der Waals surface area contributed by atoms with E-state index in [0.29, 0.717) is 30.1 Å². The van der Waals surface area contributed by atoms with Crippen molar-refractivity contribution in [3.05, 3.63) is 60.2 Å². The Bertz CT molecular complexity index is 749. The van der Waals surface area contributed by atoms with Crippen LogP contribution in [0.1, 0.15) is 17.3 Å². The summed E-state index contributed by atoms with van der Waals surface area (Å²) >= 11 is 0. The smallest absolute Gasteiger partial charge is 0.255 e. The van der Waals surface area contributed by atoms with Crippen LogP contribution in [-0.2, 0) is 9.53 Å². The molecule has 6 heteroatoms. The Kier molecular flexibility index (Phi) is 5.42. The minimum atomic E-state index is -0.392. The van der Waals surface area contributed by atoms with E-state index in [-0.39, 0.29) is 17.9 Å². The molecule has 2 aromatic carbocycles. The quantitative estimate of drug-likeness (QED) is 0.798. The zero-order valence-corrected chi connectivity index (χ0v) is 14.0. The van der Waals surface area contributed by atoms with Gasteiger partial charge in [0.1, 0.15) is 6.04 Å². The highest BCUT2D eigenvalue weighted by atomic mass is 16.5. The lowest BCUT2D eigenvalue weighted by Crippen LogP contribution is -2.53. The average molecular weight is 339 g/mol. The lowest BCUT2D eigenvalue weighted by molar-refractivity contribution is -0.123. The second kappa shape index (κ2) is 7.92. The average Bonchev–Trinajstić information content (AvgIpc) is 2.63. The third-order valence-corrected chi connectivity index (χ3v) is 4.02. The molecule has 0 radical (unpaired) electrons. The van der Waals surface area contributed by atoms with E-state index < -0.39 is 6.04 Å². The van der Waals surface area contributed by atoms with Crippen LogP contribution < -0.4 is 16.0 Å². The first-order valence-electron chi connectivity index (χ1n) is 8.26. The van der Waals surface area contributed by atoms with Crippen molar-refractivity contribution in [2.75, 3.05) is 23.8 Å². The number of nitrogens with one attached hydrogen (secondary N) is 3. The molecule has 3 N–H and O–H groups in total. The standard InChI is InChI=1S/C19H21N3O3/c1-13-17(20-10-11-25-13)19(24)22-16-9-5-8-15(12-16)21-18(23)14-6-3-2-4-7-14/h2-9,12-13,17,20H,10-11H2,1H3,(H,21,23)(H,22,24)/t13-,17+/m1/s1. The van der Waals surface area contributed by atoms with Crippen molar-refractivity contribution < 1.29 is 14.3 Å². The van der Waals surface area contributed by atoms with Crippen molar-refractivity contribution in [2.24, 2.45) is 0 Å². The number of hydrogen-bond acceptors (Lipinski definition) is 4. The molecule has 25 heavy (non-hydrogen) atoms. The first kappa shape index (κ1) is 17.1. The fraction of sp³-hybridized carbons (Fsp3) is 0.263. The number of carbonyl (C=O) groups is 2. The van der Waals surface area contributed by atoms with Crippen molar-refractivity contribution in [1.29, 1.82) is 0 Å². The van der Waals surface area contributed by atoms with Gasteiger partial charge >= 0.3 is 0 Å². The number of anilines is 2. The van der Waals surface area contributed by atoms with Gasteiger partial charge in [-0.05, 0) is 37.3 Å². The molecule has 1 aliphatic heterocycles. The monoisotopic (exact) mass is 339 g/mol. The van der Waals surface area contributed by atoms with Crippen LogP contribution in [-0.4, -0.2) is 37.1 Å². The van der Waals surface area contributed by atoms with Gasteiger partial charge < -0.3 is 20.7 Å². The summed E-state index contributed by atoms with van der Waals surface area (Å²) in [5.41, 5.74) is 1.82. The van der Waals surface area contributed by atoms with Gasteiger partial charge in [0.05, 0.1) is 12.7 Å². The molecule has 0 saturated carbocycles. The predicted octanol–water partition coefficient (Wildman–Crippen LogP) is 2.25. The molecule has 0 aromatic heterocycles. The first-order valence-corrected chi connectivity index (χ1v) is 8.26. The van der Waals surface area contributed by atoms with Gasteiger partial charge in [0.15, 0.2) is 0 Å². The van der Waals surface area contributed by atoms with Gasteiger partial charge in [-0.2, -0.15) is 0 Å². The van der Waals surface area contributed by atoms with E-state index in [0.717, 1.165) is 0 Å². The number of ether oxygens (including phenoxy) is 1. The van der Waals surface area contributed by atoms with Crippen LogP contribution in [0.4, 0.5) is 11.4 Å². The topological polar surface area (TPSA) is 79.5 Å². The molecule has 0 unspecified atom stereocenters. The summed E-state index contributed by atoms with van der Waals surface area (Å²) < 4.78 is 5.49. The predicted molar refractivity (Wildman–Crippen MR) is 96.7 cm³/mol. The molecule has 130 valence electrons. The van der Waals surface area contributed by atoms with Crippen molar-refractivity contribution in [1.82, 2.24) is 5.32 Å². The van der Waals surface area contributed by atoms with Crippen molar-refractivity contribution in [2.45, 2.75) is 19.1 Å². The lowest BCUT2D eigenvalue weighted by atomic mass is 10.1. The van der Waals surface area contributed by atoms with Gasteiger partial charge in [-0.25, -0.2) is 0 Å². The van der Waals surface area contributed by atoms with Gasteiger partial charge in [0.25, 0.3) is 5.91 Å². The van der Waals surface area contributed by atoms with Crippen molar-refractivity contribution >= 4 is 23.2 Å². The molecular formula is C19H21N3O3. The molecule has 6 nitrogen and oxygen atoms in total. The third-order valence-electron chi connectivity index (χ3n) is 4.02. The summed E-state index contributed by atoms with van der Waals surface area (Å²) in [5, 5.41) is 8.84. The zero-order valence-electron chi connectivity index (χ0n) is 14.0. The van der Waals surface area contributed by atoms with Crippen LogP contribution in [0.25, 0.3) is 0 Å². The molecule has 1 heterocycles. The Labute approximate surface area is 146 Å². The molecule has 0 spiro atoms. The van der Waals surface area contributed by atoms with Crippen LogP contribution in [0.15, 0.2) is 54.6 Å². The van der Waals surface area contributed by atoms with Gasteiger partial charge in [0.2, 0.25) is 5.91 Å². The SMILES string of the molecule is C[C@H]1OCCN[C@@H]1C(=O)Nc1cccc(NC(=O)c2ccccc2)c1. The number of morpholine rings is 1. The largest absolute Gasteiger partial charge is 0.375 e. The second-order valence-electron chi connectivity index (χ2n) is 5.90. The molecule has 2 atom stereocenters. The highest BCUT2D eigenvalue weighted by Gasteiger charge is 2.28. The highest BCUT2D eigenvalue weighted by molar-refractivity contribution is 6.04. The van der Waals surface area contributed by atoms with Crippen LogP contribution >= 0.6 is 0 Å².